The second-order valence-electron chi connectivity index (χ2n) is 7.99. The lowest BCUT2D eigenvalue weighted by Crippen LogP contribution is -2.45. The van der Waals surface area contributed by atoms with Gasteiger partial charge in [0.05, 0.1) is 5.03 Å². The van der Waals surface area contributed by atoms with E-state index in [2.05, 4.69) is 16.5 Å². The Bertz CT molecular complexity index is 884. The van der Waals surface area contributed by atoms with Crippen molar-refractivity contribution in [3.63, 3.8) is 0 Å². The molecule has 0 saturated carbocycles. The Morgan fingerprint density at radius 1 is 1.45 bits per heavy atom. The van der Waals surface area contributed by atoms with Crippen molar-refractivity contribution in [3.05, 3.63) is 22.0 Å². The Morgan fingerprint density at radius 2 is 2.10 bits per heavy atom. The number of nitrogens with two attached hydrogens (primary N) is 2. The van der Waals surface area contributed by atoms with E-state index in [0.717, 1.165) is 11.8 Å². The van der Waals surface area contributed by atoms with Crippen LogP contribution in [0.5, 0.6) is 0 Å². The van der Waals surface area contributed by atoms with Crippen LogP contribution >= 0.6 is 11.8 Å². The summed E-state index contributed by atoms with van der Waals surface area (Å²) in [6, 6.07) is -0.859. The fourth-order valence-corrected chi connectivity index (χ4v) is 3.86. The second kappa shape index (κ2) is 7.61. The summed E-state index contributed by atoms with van der Waals surface area (Å²) >= 11 is 1.05. The van der Waals surface area contributed by atoms with E-state index in [-0.39, 0.29) is 23.3 Å². The van der Waals surface area contributed by atoms with Crippen molar-refractivity contribution in [1.82, 2.24) is 9.97 Å². The molecule has 7 N–H and O–H groups in total. The summed E-state index contributed by atoms with van der Waals surface area (Å²) in [5.41, 5.74) is 10.5. The number of anilines is 2. The van der Waals surface area contributed by atoms with Crippen LogP contribution in [-0.4, -0.2) is 63.3 Å². The van der Waals surface area contributed by atoms with E-state index in [1.165, 1.54) is 4.90 Å². The molecule has 160 valence electrons. The molecular weight excluding hydrogens is 402 g/mol. The van der Waals surface area contributed by atoms with Crippen LogP contribution in [0.1, 0.15) is 20.8 Å². The molecule has 1 aromatic heterocycles. The fraction of sp³-hybridized carbons (Fsp3) is 0.588. The molecule has 3 heterocycles. The van der Waals surface area contributed by atoms with Crippen molar-refractivity contribution in [2.24, 2.45) is 11.1 Å². The standard InChI is InChI=1S/C17H25N5O6S/c1-6-22(12-10(29-6)13(25)21-16(19)20-12)14-9(24)8(23)7(28-14)5-27-15(26)11(18)17(2,3)4/h7-9,11,14,23-24H,1,5,18H2,2-4H3,(H3,19,20,21,25)/t7-,8-,9-,11-,14-/m1/s1. The lowest BCUT2D eigenvalue weighted by Gasteiger charge is -2.28. The molecule has 2 aliphatic heterocycles. The van der Waals surface area contributed by atoms with Crippen molar-refractivity contribution in [1.29, 1.82) is 0 Å². The largest absolute Gasteiger partial charge is 0.462 e. The summed E-state index contributed by atoms with van der Waals surface area (Å²) in [5, 5.41) is 21.2. The molecule has 0 spiro atoms. The quantitative estimate of drug-likeness (QED) is 0.376. The highest BCUT2D eigenvalue weighted by Gasteiger charge is 2.49. The molecule has 5 atom stereocenters. The molecule has 3 rings (SSSR count). The van der Waals surface area contributed by atoms with Gasteiger partial charge in [-0.25, -0.2) is 0 Å². The fourth-order valence-electron chi connectivity index (χ4n) is 2.96. The van der Waals surface area contributed by atoms with Crippen molar-refractivity contribution in [2.45, 2.75) is 56.2 Å². The zero-order chi connectivity index (χ0) is 21.7. The molecule has 1 saturated heterocycles. The van der Waals surface area contributed by atoms with Gasteiger partial charge in [-0.15, -0.1) is 0 Å². The van der Waals surface area contributed by atoms with Crippen molar-refractivity contribution < 1.29 is 24.5 Å². The number of nitrogen functional groups attached to an aromatic ring is 1. The number of aromatic amines is 1. The van der Waals surface area contributed by atoms with E-state index in [1.54, 1.807) is 20.8 Å². The van der Waals surface area contributed by atoms with Gasteiger partial charge in [0.15, 0.2) is 12.0 Å². The Labute approximate surface area is 171 Å². The first-order valence-electron chi connectivity index (χ1n) is 8.91. The second-order valence-corrected chi connectivity index (χ2v) is 9.07. The number of rotatable bonds is 4. The number of hydrogen-bond donors (Lipinski definition) is 5. The minimum absolute atomic E-state index is 0.108. The minimum atomic E-state index is -1.37. The topological polar surface area (TPSA) is 177 Å². The van der Waals surface area contributed by atoms with Gasteiger partial charge in [0.25, 0.3) is 5.56 Å². The summed E-state index contributed by atoms with van der Waals surface area (Å²) in [7, 11) is 0. The van der Waals surface area contributed by atoms with Crippen LogP contribution in [0.25, 0.3) is 0 Å². The number of aromatic nitrogens is 2. The van der Waals surface area contributed by atoms with E-state index in [4.69, 9.17) is 20.9 Å². The summed E-state index contributed by atoms with van der Waals surface area (Å²) in [5.74, 6) is -0.577. The van der Waals surface area contributed by atoms with Crippen LogP contribution in [0.4, 0.5) is 11.8 Å². The average molecular weight is 427 g/mol. The van der Waals surface area contributed by atoms with E-state index >= 15 is 0 Å². The van der Waals surface area contributed by atoms with Crippen LogP contribution < -0.4 is 21.9 Å². The van der Waals surface area contributed by atoms with Gasteiger partial charge in [0.2, 0.25) is 5.95 Å². The van der Waals surface area contributed by atoms with Gasteiger partial charge in [0.1, 0.15) is 35.9 Å². The number of nitrogens with zero attached hydrogens (tertiary/aromatic N) is 2. The van der Waals surface area contributed by atoms with Gasteiger partial charge in [-0.3, -0.25) is 19.5 Å². The highest BCUT2D eigenvalue weighted by molar-refractivity contribution is 8.03. The number of H-pyrrole nitrogens is 1. The molecule has 29 heavy (non-hydrogen) atoms. The number of hydrogen-bond acceptors (Lipinski definition) is 11. The maximum Gasteiger partial charge on any atom is 0.323 e. The van der Waals surface area contributed by atoms with Gasteiger partial charge < -0.3 is 31.2 Å². The van der Waals surface area contributed by atoms with Gasteiger partial charge in [0, 0.05) is 0 Å². The Hall–Kier alpha value is -2.12. The number of ether oxygens (including phenoxy) is 2. The normalized spacial score (nSPS) is 27.8. The monoisotopic (exact) mass is 427 g/mol. The third-order valence-electron chi connectivity index (χ3n) is 4.76. The molecule has 0 aromatic carbocycles. The van der Waals surface area contributed by atoms with Crippen LogP contribution in [0.3, 0.4) is 0 Å². The SMILES string of the molecule is C=C1Sc2c(nc(N)[nH]c2=O)N1[C@@H]1O[C@H](COC(=O)[C@@H](N)C(C)(C)C)[C@@H](O)[C@H]1O. The van der Waals surface area contributed by atoms with Crippen LogP contribution in [0, 0.1) is 5.41 Å². The molecule has 1 fully saturated rings. The predicted molar refractivity (Wildman–Crippen MR) is 106 cm³/mol. The number of aliphatic hydroxyl groups is 2. The first-order chi connectivity index (χ1) is 13.4. The van der Waals surface area contributed by atoms with E-state index in [0.29, 0.717) is 5.03 Å². The molecule has 0 unspecified atom stereocenters. The number of aliphatic hydroxyl groups excluding tert-OH is 2. The third kappa shape index (κ3) is 3.98. The van der Waals surface area contributed by atoms with E-state index < -0.39 is 47.5 Å². The molecule has 11 nitrogen and oxygen atoms in total. The maximum absolute atomic E-state index is 12.1. The van der Waals surface area contributed by atoms with E-state index in [9.17, 15) is 19.8 Å². The maximum atomic E-state index is 12.1. The van der Waals surface area contributed by atoms with Gasteiger partial charge in [-0.05, 0) is 5.41 Å². The zero-order valence-corrected chi connectivity index (χ0v) is 17.1. The summed E-state index contributed by atoms with van der Waals surface area (Å²) in [6.07, 6.45) is -4.83. The average Bonchev–Trinajstić information content (AvgIpc) is 3.08. The molecule has 0 radical (unpaired) electrons. The predicted octanol–water partition coefficient (Wildman–Crippen LogP) is -0.901. The zero-order valence-electron chi connectivity index (χ0n) is 16.3. The number of thioether (sulfide) groups is 1. The number of carbonyl (C=O) groups is 1. The molecule has 1 aromatic rings. The van der Waals surface area contributed by atoms with Crippen LogP contribution in [-0.2, 0) is 14.3 Å². The summed E-state index contributed by atoms with van der Waals surface area (Å²) in [4.78, 5) is 32.3. The molecule has 12 heteroatoms. The molecule has 0 amide bonds. The lowest BCUT2D eigenvalue weighted by molar-refractivity contribution is -0.153. The Kier molecular flexibility index (Phi) is 5.66. The Balaban J connectivity index is 1.75. The number of esters is 1. The number of nitrogens with one attached hydrogen (secondary N) is 1. The van der Waals surface area contributed by atoms with Gasteiger partial charge in [-0.1, -0.05) is 39.1 Å². The summed E-state index contributed by atoms with van der Waals surface area (Å²) in [6.45, 7) is 8.95. The molecule has 0 aliphatic carbocycles. The van der Waals surface area contributed by atoms with Crippen LogP contribution in [0.2, 0.25) is 0 Å². The third-order valence-corrected chi connectivity index (χ3v) is 5.77. The highest BCUT2D eigenvalue weighted by atomic mass is 32.2. The van der Waals surface area contributed by atoms with Gasteiger partial charge >= 0.3 is 5.97 Å². The first-order valence-corrected chi connectivity index (χ1v) is 9.73. The van der Waals surface area contributed by atoms with Gasteiger partial charge in [-0.2, -0.15) is 4.98 Å². The van der Waals surface area contributed by atoms with Crippen molar-refractivity contribution >= 4 is 29.5 Å². The lowest BCUT2D eigenvalue weighted by atomic mass is 9.87. The number of carbonyl (C=O) groups excluding carboxylic acids is 1. The smallest absolute Gasteiger partial charge is 0.323 e. The molecular formula is C17H25N5O6S. The molecule has 0 bridgehead atoms. The number of fused-ring (bicyclic) bond motifs is 1. The minimum Gasteiger partial charge on any atom is -0.462 e. The van der Waals surface area contributed by atoms with Crippen molar-refractivity contribution in [3.8, 4) is 0 Å². The highest BCUT2D eigenvalue weighted by Crippen LogP contribution is 2.45. The molecule has 2 aliphatic rings. The van der Waals surface area contributed by atoms with E-state index in [1.807, 2.05) is 0 Å². The van der Waals surface area contributed by atoms with Crippen molar-refractivity contribution in [2.75, 3.05) is 17.2 Å². The Morgan fingerprint density at radius 3 is 2.72 bits per heavy atom. The first kappa shape index (κ1) is 21.6. The summed E-state index contributed by atoms with van der Waals surface area (Å²) < 4.78 is 10.9. The van der Waals surface area contributed by atoms with Crippen LogP contribution in [0.15, 0.2) is 21.3 Å².